The molecule has 0 bridgehead atoms. The molecular formula is C15H16ClFN4. The molecule has 1 saturated heterocycles. The van der Waals surface area contributed by atoms with Gasteiger partial charge < -0.3 is 14.6 Å². The van der Waals surface area contributed by atoms with Crippen molar-refractivity contribution in [3.63, 3.8) is 0 Å². The van der Waals surface area contributed by atoms with Gasteiger partial charge in [0.2, 0.25) is 0 Å². The second kappa shape index (κ2) is 5.50. The first kappa shape index (κ1) is 14.1. The Morgan fingerprint density at radius 1 is 1.10 bits per heavy atom. The van der Waals surface area contributed by atoms with Crippen LogP contribution in [0, 0.1) is 5.82 Å². The summed E-state index contributed by atoms with van der Waals surface area (Å²) in [6.07, 6.45) is 2.00. The number of hydrogen-bond donors (Lipinski definition) is 1. The number of aromatic nitrogens is 2. The predicted octanol–water partition coefficient (Wildman–Crippen LogP) is 2.46. The van der Waals surface area contributed by atoms with Crippen molar-refractivity contribution in [2.24, 2.45) is 0 Å². The van der Waals surface area contributed by atoms with Crippen molar-refractivity contribution in [1.29, 1.82) is 0 Å². The fraction of sp³-hybridized carbons (Fsp3) is 0.267. The molecule has 0 aliphatic carbocycles. The van der Waals surface area contributed by atoms with Crippen molar-refractivity contribution >= 4 is 34.8 Å². The fourth-order valence-corrected chi connectivity index (χ4v) is 2.84. The number of piperazine rings is 1. The molecule has 1 N–H and O–H groups in total. The van der Waals surface area contributed by atoms with Gasteiger partial charge in [0.25, 0.3) is 0 Å². The summed E-state index contributed by atoms with van der Waals surface area (Å²) in [6.45, 7) is 3.76. The molecule has 0 radical (unpaired) electrons. The van der Waals surface area contributed by atoms with Gasteiger partial charge in [-0.25, -0.2) is 9.37 Å². The van der Waals surface area contributed by atoms with Crippen molar-refractivity contribution < 1.29 is 4.39 Å². The van der Waals surface area contributed by atoms with E-state index in [1.807, 2.05) is 12.3 Å². The maximum Gasteiger partial charge on any atom is 0.153 e. The lowest BCUT2D eigenvalue weighted by Gasteiger charge is -2.29. The SMILES string of the molecule is Cl.Fc1ccc2c(c1)nc(N1CCNCC1)c1cccn12. The van der Waals surface area contributed by atoms with Gasteiger partial charge in [0.05, 0.1) is 16.6 Å². The number of fused-ring (bicyclic) bond motifs is 3. The molecule has 1 aromatic carbocycles. The summed E-state index contributed by atoms with van der Waals surface area (Å²) in [7, 11) is 0. The Bertz CT molecular complexity index is 780. The van der Waals surface area contributed by atoms with Crippen molar-refractivity contribution in [2.75, 3.05) is 31.1 Å². The topological polar surface area (TPSA) is 32.6 Å². The van der Waals surface area contributed by atoms with Gasteiger partial charge in [0.1, 0.15) is 5.82 Å². The fourth-order valence-electron chi connectivity index (χ4n) is 2.84. The van der Waals surface area contributed by atoms with E-state index < -0.39 is 0 Å². The highest BCUT2D eigenvalue weighted by molar-refractivity contribution is 5.85. The minimum atomic E-state index is -0.247. The van der Waals surface area contributed by atoms with E-state index in [4.69, 9.17) is 4.98 Å². The third-order valence-corrected chi connectivity index (χ3v) is 3.82. The lowest BCUT2D eigenvalue weighted by molar-refractivity contribution is 0.586. The van der Waals surface area contributed by atoms with E-state index in [1.165, 1.54) is 12.1 Å². The molecular weight excluding hydrogens is 291 g/mol. The van der Waals surface area contributed by atoms with Gasteiger partial charge in [-0.3, -0.25) is 0 Å². The summed E-state index contributed by atoms with van der Waals surface area (Å²) in [5, 5.41) is 3.34. The predicted molar refractivity (Wildman–Crippen MR) is 85.0 cm³/mol. The summed E-state index contributed by atoms with van der Waals surface area (Å²) < 4.78 is 15.5. The van der Waals surface area contributed by atoms with Crippen LogP contribution in [0.5, 0.6) is 0 Å². The summed E-state index contributed by atoms with van der Waals surface area (Å²) in [5.74, 6) is 0.692. The third kappa shape index (κ3) is 2.32. The highest BCUT2D eigenvalue weighted by atomic mass is 35.5. The number of nitrogens with one attached hydrogen (secondary N) is 1. The van der Waals surface area contributed by atoms with Gasteiger partial charge in [-0.15, -0.1) is 12.4 Å². The maximum atomic E-state index is 13.5. The minimum Gasteiger partial charge on any atom is -0.352 e. The number of rotatable bonds is 1. The molecule has 21 heavy (non-hydrogen) atoms. The molecule has 1 aliphatic heterocycles. The van der Waals surface area contributed by atoms with E-state index in [0.717, 1.165) is 43.0 Å². The molecule has 0 atom stereocenters. The quantitative estimate of drug-likeness (QED) is 0.749. The average molecular weight is 307 g/mol. The number of hydrogen-bond acceptors (Lipinski definition) is 3. The van der Waals surface area contributed by atoms with Gasteiger partial charge in [-0.05, 0) is 24.3 Å². The first-order valence-corrected chi connectivity index (χ1v) is 6.85. The lowest BCUT2D eigenvalue weighted by atomic mass is 10.2. The molecule has 6 heteroatoms. The molecule has 0 unspecified atom stereocenters. The van der Waals surface area contributed by atoms with Crippen LogP contribution < -0.4 is 10.2 Å². The highest BCUT2D eigenvalue weighted by Crippen LogP contribution is 2.25. The molecule has 1 aliphatic rings. The normalized spacial score (nSPS) is 15.4. The second-order valence-corrected chi connectivity index (χ2v) is 5.07. The van der Waals surface area contributed by atoms with E-state index in [1.54, 1.807) is 6.07 Å². The Labute approximate surface area is 128 Å². The van der Waals surface area contributed by atoms with Crippen LogP contribution in [0.25, 0.3) is 16.6 Å². The van der Waals surface area contributed by atoms with Crippen LogP contribution in [0.4, 0.5) is 10.2 Å². The maximum absolute atomic E-state index is 13.5. The van der Waals surface area contributed by atoms with E-state index in [2.05, 4.69) is 20.7 Å². The zero-order valence-electron chi connectivity index (χ0n) is 11.4. The first-order chi connectivity index (χ1) is 9.83. The summed E-state index contributed by atoms with van der Waals surface area (Å²) in [5.41, 5.74) is 2.71. The first-order valence-electron chi connectivity index (χ1n) is 6.85. The Kier molecular flexibility index (Phi) is 3.69. The van der Waals surface area contributed by atoms with Crippen LogP contribution in [0.3, 0.4) is 0 Å². The van der Waals surface area contributed by atoms with Crippen molar-refractivity contribution in [2.45, 2.75) is 0 Å². The Morgan fingerprint density at radius 3 is 2.71 bits per heavy atom. The third-order valence-electron chi connectivity index (χ3n) is 3.82. The van der Waals surface area contributed by atoms with E-state index in [9.17, 15) is 4.39 Å². The van der Waals surface area contributed by atoms with E-state index in [-0.39, 0.29) is 18.2 Å². The van der Waals surface area contributed by atoms with Crippen LogP contribution >= 0.6 is 12.4 Å². The standard InChI is InChI=1S/C15H15FN4.ClH/c16-11-3-4-13-12(10-11)18-15(14-2-1-7-20(13)14)19-8-5-17-6-9-19;/h1-4,7,10,17H,5-6,8-9H2;1H. The minimum absolute atomic E-state index is 0. The van der Waals surface area contributed by atoms with Crippen LogP contribution in [-0.4, -0.2) is 35.6 Å². The molecule has 1 fully saturated rings. The van der Waals surface area contributed by atoms with Gasteiger partial charge >= 0.3 is 0 Å². The second-order valence-electron chi connectivity index (χ2n) is 5.07. The number of benzene rings is 1. The zero-order valence-corrected chi connectivity index (χ0v) is 12.2. The average Bonchev–Trinajstić information content (AvgIpc) is 2.96. The number of nitrogens with zero attached hydrogens (tertiary/aromatic N) is 3. The molecule has 4 nitrogen and oxygen atoms in total. The molecule has 3 aromatic rings. The van der Waals surface area contributed by atoms with Crippen molar-refractivity contribution in [1.82, 2.24) is 14.7 Å². The molecule has 3 heterocycles. The molecule has 2 aromatic heterocycles. The number of anilines is 1. The van der Waals surface area contributed by atoms with Gasteiger partial charge in [0, 0.05) is 38.4 Å². The highest BCUT2D eigenvalue weighted by Gasteiger charge is 2.16. The smallest absolute Gasteiger partial charge is 0.153 e. The van der Waals surface area contributed by atoms with Crippen LogP contribution in [0.1, 0.15) is 0 Å². The zero-order chi connectivity index (χ0) is 13.5. The molecule has 4 rings (SSSR count). The van der Waals surface area contributed by atoms with Crippen LogP contribution in [0.2, 0.25) is 0 Å². The largest absolute Gasteiger partial charge is 0.352 e. The van der Waals surface area contributed by atoms with Crippen molar-refractivity contribution in [3.8, 4) is 0 Å². The van der Waals surface area contributed by atoms with Gasteiger partial charge in [0.15, 0.2) is 5.82 Å². The summed E-state index contributed by atoms with van der Waals surface area (Å²) in [4.78, 5) is 6.96. The monoisotopic (exact) mass is 306 g/mol. The van der Waals surface area contributed by atoms with E-state index >= 15 is 0 Å². The lowest BCUT2D eigenvalue weighted by Crippen LogP contribution is -2.44. The van der Waals surface area contributed by atoms with Gasteiger partial charge in [-0.1, -0.05) is 0 Å². The molecule has 0 amide bonds. The summed E-state index contributed by atoms with van der Waals surface area (Å²) in [6, 6.07) is 8.83. The molecule has 110 valence electrons. The Hall–Kier alpha value is -1.85. The Morgan fingerprint density at radius 2 is 1.90 bits per heavy atom. The van der Waals surface area contributed by atoms with Gasteiger partial charge in [-0.2, -0.15) is 0 Å². The van der Waals surface area contributed by atoms with Crippen molar-refractivity contribution in [3.05, 3.63) is 42.3 Å². The summed E-state index contributed by atoms with van der Waals surface area (Å²) >= 11 is 0. The molecule has 0 spiro atoms. The van der Waals surface area contributed by atoms with E-state index in [0.29, 0.717) is 5.52 Å². The van der Waals surface area contributed by atoms with Crippen LogP contribution in [-0.2, 0) is 0 Å². The molecule has 0 saturated carbocycles. The Balaban J connectivity index is 0.00000132. The van der Waals surface area contributed by atoms with Crippen LogP contribution in [0.15, 0.2) is 36.5 Å². The number of halogens is 2.